The van der Waals surface area contributed by atoms with Gasteiger partial charge in [-0.05, 0) is 38.4 Å². The molecule has 1 saturated heterocycles. The second-order valence-corrected chi connectivity index (χ2v) is 6.00. The highest BCUT2D eigenvalue weighted by molar-refractivity contribution is 7.71. The molecule has 1 unspecified atom stereocenters. The van der Waals surface area contributed by atoms with Gasteiger partial charge in [-0.15, -0.1) is 5.10 Å². The lowest BCUT2D eigenvalue weighted by molar-refractivity contribution is 0.0819. The van der Waals surface area contributed by atoms with E-state index < -0.39 is 0 Å². The summed E-state index contributed by atoms with van der Waals surface area (Å²) in [7, 11) is 0. The standard InChI is InChI=1S/C13H22N4OS/c1-10-9-16(7-4-8-18-10)12-14-15-13(19)17(12)11-5-2-3-6-11/h10-11H,2-9H2,1H3,(H,15,19). The molecule has 0 aromatic carbocycles. The normalized spacial score (nSPS) is 25.7. The number of ether oxygens (including phenoxy) is 1. The number of rotatable bonds is 2. The van der Waals surface area contributed by atoms with Crippen LogP contribution in [0.1, 0.15) is 45.1 Å². The molecule has 19 heavy (non-hydrogen) atoms. The van der Waals surface area contributed by atoms with Gasteiger partial charge in [-0.1, -0.05) is 12.8 Å². The third kappa shape index (κ3) is 2.69. The number of nitrogens with one attached hydrogen (secondary N) is 1. The van der Waals surface area contributed by atoms with Gasteiger partial charge in [0.2, 0.25) is 5.95 Å². The fourth-order valence-electron chi connectivity index (χ4n) is 3.19. The van der Waals surface area contributed by atoms with E-state index >= 15 is 0 Å². The maximum Gasteiger partial charge on any atom is 0.226 e. The number of aromatic nitrogens is 3. The van der Waals surface area contributed by atoms with Crippen molar-refractivity contribution in [2.75, 3.05) is 24.6 Å². The summed E-state index contributed by atoms with van der Waals surface area (Å²) in [4.78, 5) is 2.32. The Balaban J connectivity index is 1.89. The van der Waals surface area contributed by atoms with Crippen molar-refractivity contribution in [1.29, 1.82) is 0 Å². The molecule has 1 aliphatic carbocycles. The summed E-state index contributed by atoms with van der Waals surface area (Å²) in [6, 6.07) is 0.528. The molecule has 3 rings (SSSR count). The average molecular weight is 282 g/mol. The molecule has 1 saturated carbocycles. The lowest BCUT2D eigenvalue weighted by Crippen LogP contribution is -2.33. The Kier molecular flexibility index (Phi) is 3.88. The molecule has 1 aliphatic heterocycles. The van der Waals surface area contributed by atoms with Gasteiger partial charge in [0, 0.05) is 25.7 Å². The molecule has 1 aromatic rings. The van der Waals surface area contributed by atoms with E-state index in [0.29, 0.717) is 6.04 Å². The Morgan fingerprint density at radius 3 is 2.89 bits per heavy atom. The molecule has 5 nitrogen and oxygen atoms in total. The number of hydrogen-bond acceptors (Lipinski definition) is 4. The van der Waals surface area contributed by atoms with Gasteiger partial charge in [-0.2, -0.15) is 0 Å². The van der Waals surface area contributed by atoms with Crippen LogP contribution in [0.4, 0.5) is 5.95 Å². The molecule has 1 aromatic heterocycles. The third-order valence-electron chi connectivity index (χ3n) is 4.11. The minimum Gasteiger partial charge on any atom is -0.377 e. The SMILES string of the molecule is CC1CN(c2n[nH]c(=S)n2C2CCCC2)CCCO1. The highest BCUT2D eigenvalue weighted by Gasteiger charge is 2.25. The number of anilines is 1. The van der Waals surface area contributed by atoms with Crippen LogP contribution in [0.2, 0.25) is 0 Å². The quantitative estimate of drug-likeness (QED) is 0.847. The second kappa shape index (κ2) is 5.63. The fourth-order valence-corrected chi connectivity index (χ4v) is 3.46. The summed E-state index contributed by atoms with van der Waals surface area (Å²) in [6.45, 7) is 4.86. The number of nitrogens with zero attached hydrogens (tertiary/aromatic N) is 3. The van der Waals surface area contributed by atoms with Crippen molar-refractivity contribution >= 4 is 18.2 Å². The maximum absolute atomic E-state index is 5.71. The molecule has 2 heterocycles. The van der Waals surface area contributed by atoms with Gasteiger partial charge < -0.3 is 9.64 Å². The van der Waals surface area contributed by atoms with Gasteiger partial charge in [0.05, 0.1) is 6.10 Å². The number of H-pyrrole nitrogens is 1. The van der Waals surface area contributed by atoms with E-state index in [1.165, 1.54) is 25.7 Å². The van der Waals surface area contributed by atoms with E-state index in [1.807, 2.05) is 0 Å². The van der Waals surface area contributed by atoms with E-state index in [4.69, 9.17) is 17.0 Å². The van der Waals surface area contributed by atoms with Crippen LogP contribution >= 0.6 is 12.2 Å². The van der Waals surface area contributed by atoms with E-state index in [9.17, 15) is 0 Å². The Labute approximate surface area is 118 Å². The van der Waals surface area contributed by atoms with Crippen molar-refractivity contribution in [2.45, 2.75) is 51.2 Å². The molecule has 2 aliphatic rings. The monoisotopic (exact) mass is 282 g/mol. The van der Waals surface area contributed by atoms with Crippen molar-refractivity contribution in [3.8, 4) is 0 Å². The predicted octanol–water partition coefficient (Wildman–Crippen LogP) is 2.67. The molecular weight excluding hydrogens is 260 g/mol. The van der Waals surface area contributed by atoms with Crippen LogP contribution in [0.3, 0.4) is 0 Å². The highest BCUT2D eigenvalue weighted by Crippen LogP contribution is 2.32. The van der Waals surface area contributed by atoms with Crippen molar-refractivity contribution in [1.82, 2.24) is 14.8 Å². The van der Waals surface area contributed by atoms with Gasteiger partial charge in [0.1, 0.15) is 0 Å². The average Bonchev–Trinajstić information content (AvgIpc) is 2.97. The summed E-state index contributed by atoms with van der Waals surface area (Å²) in [5, 5.41) is 7.46. The van der Waals surface area contributed by atoms with E-state index in [2.05, 4.69) is 26.6 Å². The van der Waals surface area contributed by atoms with Gasteiger partial charge in [-0.25, -0.2) is 5.10 Å². The minimum absolute atomic E-state index is 0.254. The van der Waals surface area contributed by atoms with Crippen LogP contribution in [-0.2, 0) is 4.74 Å². The Morgan fingerprint density at radius 1 is 1.32 bits per heavy atom. The van der Waals surface area contributed by atoms with Crippen LogP contribution in [0.5, 0.6) is 0 Å². The lowest BCUT2D eigenvalue weighted by atomic mass is 10.2. The molecule has 1 atom stereocenters. The topological polar surface area (TPSA) is 46.1 Å². The maximum atomic E-state index is 5.71. The first-order chi connectivity index (χ1) is 9.25. The molecular formula is C13H22N4OS. The van der Waals surface area contributed by atoms with Gasteiger partial charge in [0.15, 0.2) is 4.77 Å². The smallest absolute Gasteiger partial charge is 0.226 e. The lowest BCUT2D eigenvalue weighted by Gasteiger charge is -2.25. The van der Waals surface area contributed by atoms with Crippen LogP contribution in [0.25, 0.3) is 0 Å². The fraction of sp³-hybridized carbons (Fsp3) is 0.846. The summed E-state index contributed by atoms with van der Waals surface area (Å²) >= 11 is 5.43. The van der Waals surface area contributed by atoms with Crippen LogP contribution < -0.4 is 4.90 Å². The molecule has 2 fully saturated rings. The van der Waals surface area contributed by atoms with Crippen LogP contribution in [0, 0.1) is 4.77 Å². The molecule has 106 valence electrons. The zero-order valence-corrected chi connectivity index (χ0v) is 12.3. The predicted molar refractivity (Wildman–Crippen MR) is 77.2 cm³/mol. The van der Waals surface area contributed by atoms with Crippen molar-refractivity contribution < 1.29 is 4.74 Å². The summed E-state index contributed by atoms with van der Waals surface area (Å²) in [5.74, 6) is 1.01. The second-order valence-electron chi connectivity index (χ2n) is 5.62. The van der Waals surface area contributed by atoms with Gasteiger partial charge in [-0.3, -0.25) is 4.57 Å². The first kappa shape index (κ1) is 13.1. The molecule has 0 radical (unpaired) electrons. The molecule has 0 bridgehead atoms. The van der Waals surface area contributed by atoms with Crippen molar-refractivity contribution in [3.63, 3.8) is 0 Å². The molecule has 1 N–H and O–H groups in total. The zero-order valence-electron chi connectivity index (χ0n) is 11.5. The first-order valence-electron chi connectivity index (χ1n) is 7.29. The molecule has 0 spiro atoms. The van der Waals surface area contributed by atoms with E-state index in [0.717, 1.165) is 36.8 Å². The van der Waals surface area contributed by atoms with E-state index in [-0.39, 0.29) is 6.10 Å². The summed E-state index contributed by atoms with van der Waals surface area (Å²) in [5.41, 5.74) is 0. The van der Waals surface area contributed by atoms with Crippen LogP contribution in [0.15, 0.2) is 0 Å². The first-order valence-corrected chi connectivity index (χ1v) is 7.70. The highest BCUT2D eigenvalue weighted by atomic mass is 32.1. The van der Waals surface area contributed by atoms with Gasteiger partial charge in [0.25, 0.3) is 0 Å². The molecule has 6 heteroatoms. The van der Waals surface area contributed by atoms with Crippen molar-refractivity contribution in [2.24, 2.45) is 0 Å². The molecule has 0 amide bonds. The summed E-state index contributed by atoms with van der Waals surface area (Å²) in [6.07, 6.45) is 6.35. The Hall–Kier alpha value is -0.880. The Bertz CT molecular complexity index is 477. The number of hydrogen-bond donors (Lipinski definition) is 1. The number of aromatic amines is 1. The third-order valence-corrected chi connectivity index (χ3v) is 4.40. The van der Waals surface area contributed by atoms with E-state index in [1.54, 1.807) is 0 Å². The Morgan fingerprint density at radius 2 is 2.11 bits per heavy atom. The largest absolute Gasteiger partial charge is 0.377 e. The van der Waals surface area contributed by atoms with Gasteiger partial charge >= 0.3 is 0 Å². The minimum atomic E-state index is 0.254. The summed E-state index contributed by atoms with van der Waals surface area (Å²) < 4.78 is 8.71. The zero-order chi connectivity index (χ0) is 13.2. The van der Waals surface area contributed by atoms with Crippen molar-refractivity contribution in [3.05, 3.63) is 4.77 Å². The van der Waals surface area contributed by atoms with Crippen LogP contribution in [-0.4, -0.2) is 40.6 Å².